The molecule has 0 N–H and O–H groups in total. The molecule has 2 aromatic heterocycles. The SMILES string of the molecule is Cc1c(C(=O)N2CCCC(c3nnc4n3CCCCC4)C2)oc2c(Cl)cccc12. The van der Waals surface area contributed by atoms with Crippen LogP contribution in [0.3, 0.4) is 0 Å². The molecule has 0 radical (unpaired) electrons. The van der Waals surface area contributed by atoms with E-state index in [2.05, 4.69) is 14.8 Å². The summed E-state index contributed by atoms with van der Waals surface area (Å²) in [6.45, 7) is 4.31. The van der Waals surface area contributed by atoms with Crippen LogP contribution in [0.15, 0.2) is 22.6 Å². The van der Waals surface area contributed by atoms with E-state index < -0.39 is 0 Å². The quantitative estimate of drug-likeness (QED) is 0.610. The zero-order valence-corrected chi connectivity index (χ0v) is 17.4. The lowest BCUT2D eigenvalue weighted by molar-refractivity contribution is 0.0672. The van der Waals surface area contributed by atoms with Crippen molar-refractivity contribution in [3.63, 3.8) is 0 Å². The van der Waals surface area contributed by atoms with Crippen molar-refractivity contribution in [3.8, 4) is 0 Å². The van der Waals surface area contributed by atoms with Gasteiger partial charge in [-0.15, -0.1) is 10.2 Å². The maximum atomic E-state index is 13.3. The van der Waals surface area contributed by atoms with Crippen LogP contribution < -0.4 is 0 Å². The third-order valence-corrected chi connectivity index (χ3v) is 6.62. The van der Waals surface area contributed by atoms with Crippen molar-refractivity contribution >= 4 is 28.5 Å². The second-order valence-corrected chi connectivity index (χ2v) is 8.61. The number of aromatic nitrogens is 3. The Morgan fingerprint density at radius 1 is 1.17 bits per heavy atom. The summed E-state index contributed by atoms with van der Waals surface area (Å²) in [5, 5.41) is 10.4. The second kappa shape index (κ2) is 7.48. The molecule has 6 nitrogen and oxygen atoms in total. The zero-order valence-electron chi connectivity index (χ0n) is 16.7. The summed E-state index contributed by atoms with van der Waals surface area (Å²) in [5.41, 5.74) is 1.44. The van der Waals surface area contributed by atoms with Crippen molar-refractivity contribution in [2.24, 2.45) is 0 Å². The number of furan rings is 1. The van der Waals surface area contributed by atoms with E-state index >= 15 is 0 Å². The van der Waals surface area contributed by atoms with Crippen LogP contribution in [0.4, 0.5) is 0 Å². The Bertz CT molecular complexity index is 1070. The van der Waals surface area contributed by atoms with Gasteiger partial charge in [-0.25, -0.2) is 0 Å². The van der Waals surface area contributed by atoms with Crippen LogP contribution in [0.2, 0.25) is 5.02 Å². The van der Waals surface area contributed by atoms with Crippen LogP contribution in [0.25, 0.3) is 11.0 Å². The predicted octanol–water partition coefficient (Wildman–Crippen LogP) is 4.73. The molecule has 1 saturated heterocycles. The van der Waals surface area contributed by atoms with E-state index in [-0.39, 0.29) is 11.8 Å². The molecule has 1 unspecified atom stereocenters. The Morgan fingerprint density at radius 3 is 2.93 bits per heavy atom. The molecule has 0 spiro atoms. The van der Waals surface area contributed by atoms with Crippen molar-refractivity contribution in [2.45, 2.75) is 57.9 Å². The van der Waals surface area contributed by atoms with Gasteiger partial charge in [0.25, 0.3) is 5.91 Å². The summed E-state index contributed by atoms with van der Waals surface area (Å²) in [7, 11) is 0. The smallest absolute Gasteiger partial charge is 0.289 e. The van der Waals surface area contributed by atoms with Crippen LogP contribution in [-0.4, -0.2) is 38.7 Å². The zero-order chi connectivity index (χ0) is 20.0. The number of carbonyl (C=O) groups excluding carboxylic acids is 1. The van der Waals surface area contributed by atoms with Crippen molar-refractivity contribution in [2.75, 3.05) is 13.1 Å². The van der Waals surface area contributed by atoms with E-state index in [1.807, 2.05) is 24.0 Å². The average Bonchev–Trinajstić information content (AvgIpc) is 3.21. The Hall–Kier alpha value is -2.34. The molecule has 2 aliphatic heterocycles. The van der Waals surface area contributed by atoms with E-state index in [0.717, 1.165) is 55.0 Å². The number of benzene rings is 1. The number of para-hydroxylation sites is 1. The number of hydrogen-bond donors (Lipinski definition) is 0. The molecule has 4 heterocycles. The summed E-state index contributed by atoms with van der Waals surface area (Å²) < 4.78 is 8.22. The van der Waals surface area contributed by atoms with Crippen LogP contribution in [-0.2, 0) is 13.0 Å². The molecule has 0 saturated carbocycles. The minimum atomic E-state index is -0.0601. The first-order valence-electron chi connectivity index (χ1n) is 10.5. The van der Waals surface area contributed by atoms with Gasteiger partial charge in [0.05, 0.1) is 5.02 Å². The van der Waals surface area contributed by atoms with Crippen LogP contribution in [0.1, 0.15) is 65.8 Å². The number of piperidine rings is 1. The van der Waals surface area contributed by atoms with Gasteiger partial charge < -0.3 is 13.9 Å². The highest BCUT2D eigenvalue weighted by atomic mass is 35.5. The molecule has 1 atom stereocenters. The Morgan fingerprint density at radius 2 is 2.07 bits per heavy atom. The molecule has 0 bridgehead atoms. The van der Waals surface area contributed by atoms with Crippen molar-refractivity contribution in [1.29, 1.82) is 0 Å². The first-order chi connectivity index (χ1) is 14.1. The molecule has 3 aromatic rings. The molecule has 0 aliphatic carbocycles. The molecule has 1 aromatic carbocycles. The maximum absolute atomic E-state index is 13.3. The highest BCUT2D eigenvalue weighted by Crippen LogP contribution is 2.33. The molecule has 7 heteroatoms. The fourth-order valence-electron chi connectivity index (χ4n) is 4.74. The Kier molecular flexibility index (Phi) is 4.82. The number of carbonyl (C=O) groups is 1. The van der Waals surface area contributed by atoms with Crippen molar-refractivity contribution in [1.82, 2.24) is 19.7 Å². The summed E-state index contributed by atoms with van der Waals surface area (Å²) >= 11 is 6.27. The summed E-state index contributed by atoms with van der Waals surface area (Å²) in [6, 6.07) is 5.62. The van der Waals surface area contributed by atoms with Gasteiger partial charge in [0, 0.05) is 42.9 Å². The lowest BCUT2D eigenvalue weighted by Crippen LogP contribution is -2.40. The maximum Gasteiger partial charge on any atom is 0.289 e. The van der Waals surface area contributed by atoms with Gasteiger partial charge in [-0.3, -0.25) is 4.79 Å². The summed E-state index contributed by atoms with van der Waals surface area (Å²) in [5.74, 6) is 2.71. The molecule has 5 rings (SSSR count). The van der Waals surface area contributed by atoms with Gasteiger partial charge in [-0.1, -0.05) is 30.2 Å². The number of halogens is 1. The van der Waals surface area contributed by atoms with Gasteiger partial charge in [0.15, 0.2) is 11.3 Å². The highest BCUT2D eigenvalue weighted by molar-refractivity contribution is 6.35. The lowest BCUT2D eigenvalue weighted by atomic mass is 9.96. The number of hydrogen-bond acceptors (Lipinski definition) is 4. The van der Waals surface area contributed by atoms with E-state index in [0.29, 0.717) is 22.9 Å². The average molecular weight is 413 g/mol. The van der Waals surface area contributed by atoms with Gasteiger partial charge in [0.2, 0.25) is 0 Å². The van der Waals surface area contributed by atoms with Gasteiger partial charge >= 0.3 is 0 Å². The molecule has 152 valence electrons. The van der Waals surface area contributed by atoms with Gasteiger partial charge in [-0.05, 0) is 38.7 Å². The fraction of sp³-hybridized carbons (Fsp3) is 0.500. The van der Waals surface area contributed by atoms with E-state index in [9.17, 15) is 4.79 Å². The largest absolute Gasteiger partial charge is 0.449 e. The molecule has 2 aliphatic rings. The van der Waals surface area contributed by atoms with Crippen LogP contribution >= 0.6 is 11.6 Å². The van der Waals surface area contributed by atoms with Crippen LogP contribution in [0.5, 0.6) is 0 Å². The Labute approximate surface area is 174 Å². The minimum absolute atomic E-state index is 0.0601. The van der Waals surface area contributed by atoms with Crippen LogP contribution in [0, 0.1) is 6.92 Å². The number of nitrogens with zero attached hydrogens (tertiary/aromatic N) is 4. The second-order valence-electron chi connectivity index (χ2n) is 8.20. The third kappa shape index (κ3) is 3.23. The number of fused-ring (bicyclic) bond motifs is 2. The highest BCUT2D eigenvalue weighted by Gasteiger charge is 2.32. The minimum Gasteiger partial charge on any atom is -0.449 e. The normalized spacial score (nSPS) is 19.9. The summed E-state index contributed by atoms with van der Waals surface area (Å²) in [4.78, 5) is 15.2. The number of aryl methyl sites for hydroxylation is 2. The molecule has 1 amide bonds. The molecular formula is C22H25ClN4O2. The molecule has 1 fully saturated rings. The number of amides is 1. The van der Waals surface area contributed by atoms with Gasteiger partial charge in [0.1, 0.15) is 11.6 Å². The fourth-order valence-corrected chi connectivity index (χ4v) is 4.95. The number of likely N-dealkylation sites (tertiary alicyclic amines) is 1. The van der Waals surface area contributed by atoms with Crippen molar-refractivity contribution < 1.29 is 9.21 Å². The first kappa shape index (κ1) is 18.7. The number of rotatable bonds is 2. The third-order valence-electron chi connectivity index (χ3n) is 6.32. The Balaban J connectivity index is 1.42. The molecular weight excluding hydrogens is 388 g/mol. The standard InChI is InChI=1S/C22H25ClN4O2/c1-14-16-8-5-9-17(23)20(16)29-19(14)22(28)26-11-6-7-15(13-26)21-25-24-18-10-3-2-4-12-27(18)21/h5,8-9,15H,2-4,6-7,10-13H2,1H3. The van der Waals surface area contributed by atoms with Gasteiger partial charge in [-0.2, -0.15) is 0 Å². The summed E-state index contributed by atoms with van der Waals surface area (Å²) in [6.07, 6.45) is 6.59. The van der Waals surface area contributed by atoms with E-state index in [1.165, 1.54) is 19.3 Å². The van der Waals surface area contributed by atoms with Crippen molar-refractivity contribution in [3.05, 3.63) is 46.2 Å². The van der Waals surface area contributed by atoms with E-state index in [1.54, 1.807) is 6.07 Å². The monoisotopic (exact) mass is 412 g/mol. The lowest BCUT2D eigenvalue weighted by Gasteiger charge is -2.32. The predicted molar refractivity (Wildman–Crippen MR) is 111 cm³/mol. The molecule has 29 heavy (non-hydrogen) atoms. The first-order valence-corrected chi connectivity index (χ1v) is 10.9. The van der Waals surface area contributed by atoms with E-state index in [4.69, 9.17) is 16.0 Å². The topological polar surface area (TPSA) is 64.2 Å².